The molecule has 2 aromatic carbocycles. The molecule has 0 heterocycles. The van der Waals surface area contributed by atoms with Gasteiger partial charge < -0.3 is 0 Å². The number of hydrogen-bond acceptors (Lipinski definition) is 0. The molecule has 0 aliphatic heterocycles. The normalized spacial score (nSPS) is 23.3. The van der Waals surface area contributed by atoms with E-state index in [-0.39, 0.29) is 3.23 Å². The van der Waals surface area contributed by atoms with E-state index in [1.807, 2.05) is 0 Å². The van der Waals surface area contributed by atoms with Crippen molar-refractivity contribution in [2.45, 2.75) is 22.0 Å². The van der Waals surface area contributed by atoms with Crippen molar-refractivity contribution in [3.05, 3.63) is 53.1 Å². The van der Waals surface area contributed by atoms with Gasteiger partial charge in [-0.05, 0) is 40.3 Å². The van der Waals surface area contributed by atoms with Crippen LogP contribution in [0.4, 0.5) is 0 Å². The molecule has 2 aliphatic carbocycles. The summed E-state index contributed by atoms with van der Waals surface area (Å²) in [5.74, 6) is 0.585. The quantitative estimate of drug-likeness (QED) is 0.527. The smallest absolute Gasteiger partial charge is 0.0764 e. The molecule has 0 amide bonds. The van der Waals surface area contributed by atoms with Crippen LogP contribution >= 0.6 is 31.9 Å². The van der Waals surface area contributed by atoms with Crippen LogP contribution in [0.5, 0.6) is 0 Å². The Kier molecular flexibility index (Phi) is 2.31. The minimum Gasteiger partial charge on any atom is -0.0764 e. The lowest BCUT2D eigenvalue weighted by atomic mass is 9.76. The molecular weight excluding hydrogens is 352 g/mol. The van der Waals surface area contributed by atoms with E-state index in [0.717, 1.165) is 6.42 Å². The van der Waals surface area contributed by atoms with Crippen LogP contribution in [-0.4, -0.2) is 0 Å². The molecule has 2 aliphatic rings. The van der Waals surface area contributed by atoms with Crippen LogP contribution in [0.15, 0.2) is 36.4 Å². The Morgan fingerprint density at radius 3 is 2.89 bits per heavy atom. The summed E-state index contributed by atoms with van der Waals surface area (Å²) in [6.07, 6.45) is 6.99. The van der Waals surface area contributed by atoms with E-state index in [1.165, 1.54) is 33.9 Å². The van der Waals surface area contributed by atoms with Crippen molar-refractivity contribution in [2.24, 2.45) is 0 Å². The van der Waals surface area contributed by atoms with E-state index in [2.05, 4.69) is 74.3 Å². The second kappa shape index (κ2) is 3.71. The summed E-state index contributed by atoms with van der Waals surface area (Å²) >= 11 is 7.69. The van der Waals surface area contributed by atoms with Gasteiger partial charge in [-0.25, -0.2) is 0 Å². The Balaban J connectivity index is 2.18. The topological polar surface area (TPSA) is 0 Å². The second-order valence-corrected chi connectivity index (χ2v) is 8.95. The first-order chi connectivity index (χ1) is 8.67. The Labute approximate surface area is 123 Å². The van der Waals surface area contributed by atoms with E-state index in [4.69, 9.17) is 0 Å². The zero-order chi connectivity index (χ0) is 12.3. The van der Waals surface area contributed by atoms with Crippen molar-refractivity contribution in [3.8, 4) is 0 Å². The van der Waals surface area contributed by atoms with Crippen molar-refractivity contribution in [2.75, 3.05) is 0 Å². The van der Waals surface area contributed by atoms with Gasteiger partial charge in [-0.1, -0.05) is 74.3 Å². The summed E-state index contributed by atoms with van der Waals surface area (Å²) in [5, 5.41) is 2.81. The minimum absolute atomic E-state index is 0.0433. The van der Waals surface area contributed by atoms with E-state index < -0.39 is 0 Å². The molecule has 90 valence electrons. The van der Waals surface area contributed by atoms with Crippen molar-refractivity contribution in [1.29, 1.82) is 0 Å². The molecular formula is C16H12Br2. The molecule has 0 nitrogen and oxygen atoms in total. The molecule has 2 aromatic rings. The van der Waals surface area contributed by atoms with Crippen LogP contribution in [0.1, 0.15) is 35.4 Å². The molecule has 0 fully saturated rings. The van der Waals surface area contributed by atoms with E-state index in [1.54, 1.807) is 0 Å². The molecule has 0 saturated carbocycles. The predicted molar refractivity (Wildman–Crippen MR) is 84.5 cm³/mol. The van der Waals surface area contributed by atoms with Gasteiger partial charge in [-0.3, -0.25) is 0 Å². The Morgan fingerprint density at radius 1 is 1.11 bits per heavy atom. The van der Waals surface area contributed by atoms with Crippen LogP contribution in [0.3, 0.4) is 0 Å². The van der Waals surface area contributed by atoms with Gasteiger partial charge in [0.2, 0.25) is 0 Å². The summed E-state index contributed by atoms with van der Waals surface area (Å²) in [6.45, 7) is 0. The number of alkyl halides is 2. The Morgan fingerprint density at radius 2 is 2.00 bits per heavy atom. The lowest BCUT2D eigenvalue weighted by molar-refractivity contribution is 0.610. The maximum absolute atomic E-state index is 3.85. The number of allylic oxidation sites excluding steroid dienone is 1. The van der Waals surface area contributed by atoms with Crippen molar-refractivity contribution in [3.63, 3.8) is 0 Å². The summed E-state index contributed by atoms with van der Waals surface area (Å²) in [6, 6.07) is 11.1. The number of benzene rings is 2. The van der Waals surface area contributed by atoms with Gasteiger partial charge in [-0.15, -0.1) is 0 Å². The highest BCUT2D eigenvalue weighted by atomic mass is 79.9. The number of hydrogen-bond donors (Lipinski definition) is 0. The average Bonchev–Trinajstić information content (AvgIpc) is 2.38. The summed E-state index contributed by atoms with van der Waals surface area (Å²) < 4.78 is -0.0433. The fraction of sp³-hybridized carbons (Fsp3) is 0.250. The van der Waals surface area contributed by atoms with E-state index >= 15 is 0 Å². The largest absolute Gasteiger partial charge is 0.106 e. The zero-order valence-electron chi connectivity index (χ0n) is 9.79. The van der Waals surface area contributed by atoms with Crippen LogP contribution < -0.4 is 0 Å². The summed E-state index contributed by atoms with van der Waals surface area (Å²) in [5.41, 5.74) is 4.28. The first-order valence-electron chi connectivity index (χ1n) is 6.29. The van der Waals surface area contributed by atoms with Crippen molar-refractivity contribution >= 4 is 48.7 Å². The molecule has 0 aromatic heterocycles. The van der Waals surface area contributed by atoms with Crippen LogP contribution in [0, 0.1) is 0 Å². The van der Waals surface area contributed by atoms with Gasteiger partial charge in [0, 0.05) is 5.92 Å². The zero-order valence-corrected chi connectivity index (χ0v) is 13.0. The van der Waals surface area contributed by atoms with Gasteiger partial charge >= 0.3 is 0 Å². The predicted octanol–water partition coefficient (Wildman–Crippen LogP) is 5.69. The summed E-state index contributed by atoms with van der Waals surface area (Å²) in [7, 11) is 0. The second-order valence-electron chi connectivity index (χ2n) is 5.18. The van der Waals surface area contributed by atoms with Gasteiger partial charge in [0.1, 0.15) is 3.23 Å². The third-order valence-electron chi connectivity index (χ3n) is 4.16. The Bertz CT molecular complexity index is 683. The highest BCUT2D eigenvalue weighted by Crippen LogP contribution is 2.54. The van der Waals surface area contributed by atoms with E-state index in [0.29, 0.717) is 5.92 Å². The first-order valence-corrected chi connectivity index (χ1v) is 7.87. The minimum atomic E-state index is -0.0433. The fourth-order valence-electron chi connectivity index (χ4n) is 3.31. The molecule has 2 heteroatoms. The van der Waals surface area contributed by atoms with Crippen molar-refractivity contribution in [1.82, 2.24) is 0 Å². The van der Waals surface area contributed by atoms with Crippen molar-refractivity contribution < 1.29 is 0 Å². The highest BCUT2D eigenvalue weighted by molar-refractivity contribution is 9.24. The molecule has 0 spiro atoms. The van der Waals surface area contributed by atoms with Crippen LogP contribution in [-0.2, 0) is 3.23 Å². The molecule has 0 bridgehead atoms. The maximum Gasteiger partial charge on any atom is 0.106 e. The first kappa shape index (κ1) is 11.2. The Hall–Kier alpha value is -0.600. The summed E-state index contributed by atoms with van der Waals surface area (Å²) in [4.78, 5) is 0. The molecule has 4 rings (SSSR count). The van der Waals surface area contributed by atoms with Gasteiger partial charge in [0.25, 0.3) is 0 Å². The molecule has 0 N–H and O–H groups in total. The SMILES string of the molecule is BrC1(Br)CCC2C=Cc3cccc4ccc1c2c34. The van der Waals surface area contributed by atoms with Crippen LogP contribution in [0.25, 0.3) is 16.8 Å². The number of halogens is 2. The van der Waals surface area contributed by atoms with Gasteiger partial charge in [-0.2, -0.15) is 0 Å². The molecule has 18 heavy (non-hydrogen) atoms. The molecule has 1 atom stereocenters. The highest BCUT2D eigenvalue weighted by Gasteiger charge is 2.37. The molecule has 1 unspecified atom stereocenters. The lowest BCUT2D eigenvalue weighted by Crippen LogP contribution is -2.21. The molecule has 0 saturated heterocycles. The standard InChI is InChI=1S/C16H12Br2/c17-16(18)9-8-12-5-4-10-2-1-3-11-6-7-13(16)15(12)14(10)11/h1-7,12H,8-9H2. The lowest BCUT2D eigenvalue weighted by Gasteiger charge is -2.36. The van der Waals surface area contributed by atoms with Gasteiger partial charge in [0.15, 0.2) is 0 Å². The average molecular weight is 364 g/mol. The van der Waals surface area contributed by atoms with E-state index in [9.17, 15) is 0 Å². The molecule has 0 radical (unpaired) electrons. The van der Waals surface area contributed by atoms with Gasteiger partial charge in [0.05, 0.1) is 0 Å². The number of rotatable bonds is 0. The maximum atomic E-state index is 3.85. The third-order valence-corrected chi connectivity index (χ3v) is 5.81. The van der Waals surface area contributed by atoms with Crippen LogP contribution in [0.2, 0.25) is 0 Å². The third kappa shape index (κ3) is 1.42. The monoisotopic (exact) mass is 362 g/mol. The fourth-order valence-corrected chi connectivity index (χ4v) is 4.46.